The van der Waals surface area contributed by atoms with Crippen molar-refractivity contribution in [1.29, 1.82) is 0 Å². The molecule has 0 amide bonds. The Morgan fingerprint density at radius 1 is 0.643 bits per heavy atom. The van der Waals surface area contributed by atoms with Crippen molar-refractivity contribution in [3.8, 4) is 16.9 Å². The number of fused-ring (bicyclic) bond motifs is 3. The standard InChI is InChI=1S/C26H21NO/c1-28-22-14-11-19(12-15-22)18-27-25-10-6-5-9-23(25)24-16-13-21(17-26(24)27)20-7-3-2-4-8-20/h2-17H,18H2,1H3. The Morgan fingerprint density at radius 3 is 2.14 bits per heavy atom. The van der Waals surface area contributed by atoms with E-state index in [-0.39, 0.29) is 0 Å². The van der Waals surface area contributed by atoms with Crippen LogP contribution < -0.4 is 4.74 Å². The van der Waals surface area contributed by atoms with Crippen molar-refractivity contribution in [2.45, 2.75) is 6.54 Å². The van der Waals surface area contributed by atoms with Crippen LogP contribution in [0.5, 0.6) is 5.75 Å². The molecule has 0 saturated heterocycles. The molecule has 1 aromatic heterocycles. The Labute approximate surface area is 164 Å². The maximum absolute atomic E-state index is 5.30. The van der Waals surface area contributed by atoms with Gasteiger partial charge in [-0.05, 0) is 41.0 Å². The molecule has 0 radical (unpaired) electrons. The van der Waals surface area contributed by atoms with Crippen LogP contribution in [0.3, 0.4) is 0 Å². The SMILES string of the molecule is COc1ccc(Cn2c3ccccc3c3ccc(-c4ccccc4)cc32)cc1. The molecule has 0 fully saturated rings. The highest BCUT2D eigenvalue weighted by Gasteiger charge is 2.12. The molecule has 2 heteroatoms. The van der Waals surface area contributed by atoms with Gasteiger partial charge < -0.3 is 9.30 Å². The maximum atomic E-state index is 5.30. The lowest BCUT2D eigenvalue weighted by Crippen LogP contribution is -1.99. The summed E-state index contributed by atoms with van der Waals surface area (Å²) in [6, 6.07) is 34.3. The average Bonchev–Trinajstić information content (AvgIpc) is 3.08. The largest absolute Gasteiger partial charge is 0.497 e. The highest BCUT2D eigenvalue weighted by molar-refractivity contribution is 6.09. The summed E-state index contributed by atoms with van der Waals surface area (Å²) in [4.78, 5) is 0. The predicted octanol–water partition coefficient (Wildman–Crippen LogP) is 6.52. The van der Waals surface area contributed by atoms with Gasteiger partial charge in [0.05, 0.1) is 12.6 Å². The van der Waals surface area contributed by atoms with Gasteiger partial charge in [-0.3, -0.25) is 0 Å². The molecule has 0 N–H and O–H groups in total. The first-order chi connectivity index (χ1) is 13.8. The molecule has 2 nitrogen and oxygen atoms in total. The van der Waals surface area contributed by atoms with E-state index in [0.717, 1.165) is 12.3 Å². The summed E-state index contributed by atoms with van der Waals surface area (Å²) in [6.45, 7) is 0.826. The molecule has 0 aliphatic carbocycles. The minimum absolute atomic E-state index is 0.826. The van der Waals surface area contributed by atoms with Crippen LogP contribution >= 0.6 is 0 Å². The summed E-state index contributed by atoms with van der Waals surface area (Å²) in [5, 5.41) is 2.59. The number of para-hydroxylation sites is 1. The summed E-state index contributed by atoms with van der Waals surface area (Å²) in [5.74, 6) is 0.886. The molecule has 0 bridgehead atoms. The van der Waals surface area contributed by atoms with Crippen LogP contribution in [0.4, 0.5) is 0 Å². The Morgan fingerprint density at radius 2 is 1.36 bits per heavy atom. The van der Waals surface area contributed by atoms with Crippen LogP contribution in [0, 0.1) is 0 Å². The third-order valence-corrected chi connectivity index (χ3v) is 5.38. The highest BCUT2D eigenvalue weighted by atomic mass is 16.5. The fourth-order valence-corrected chi connectivity index (χ4v) is 3.94. The molecule has 0 saturated carbocycles. The summed E-state index contributed by atoms with van der Waals surface area (Å²) < 4.78 is 7.72. The molecule has 0 unspecified atom stereocenters. The molecule has 1 heterocycles. The van der Waals surface area contributed by atoms with Gasteiger partial charge in [0.2, 0.25) is 0 Å². The maximum Gasteiger partial charge on any atom is 0.118 e. The Kier molecular flexibility index (Phi) is 4.10. The molecule has 0 aliphatic heterocycles. The number of aromatic nitrogens is 1. The van der Waals surface area contributed by atoms with E-state index >= 15 is 0 Å². The summed E-state index contributed by atoms with van der Waals surface area (Å²) >= 11 is 0. The van der Waals surface area contributed by atoms with E-state index in [2.05, 4.69) is 89.5 Å². The van der Waals surface area contributed by atoms with Crippen molar-refractivity contribution in [2.24, 2.45) is 0 Å². The fraction of sp³-hybridized carbons (Fsp3) is 0.0769. The number of rotatable bonds is 4. The van der Waals surface area contributed by atoms with Gasteiger partial charge in [-0.25, -0.2) is 0 Å². The van der Waals surface area contributed by atoms with E-state index in [1.54, 1.807) is 7.11 Å². The number of methoxy groups -OCH3 is 1. The third-order valence-electron chi connectivity index (χ3n) is 5.38. The van der Waals surface area contributed by atoms with E-state index in [4.69, 9.17) is 4.74 Å². The first-order valence-corrected chi connectivity index (χ1v) is 9.53. The lowest BCUT2D eigenvalue weighted by molar-refractivity contribution is 0.414. The van der Waals surface area contributed by atoms with E-state index < -0.39 is 0 Å². The highest BCUT2D eigenvalue weighted by Crippen LogP contribution is 2.33. The second kappa shape index (κ2) is 6.90. The van der Waals surface area contributed by atoms with Gasteiger partial charge in [0.15, 0.2) is 0 Å². The number of nitrogens with zero attached hydrogens (tertiary/aromatic N) is 1. The van der Waals surface area contributed by atoms with Crippen molar-refractivity contribution in [1.82, 2.24) is 4.57 Å². The van der Waals surface area contributed by atoms with Crippen molar-refractivity contribution < 1.29 is 4.74 Å². The van der Waals surface area contributed by atoms with Crippen molar-refractivity contribution in [3.63, 3.8) is 0 Å². The fourth-order valence-electron chi connectivity index (χ4n) is 3.94. The molecule has 28 heavy (non-hydrogen) atoms. The predicted molar refractivity (Wildman–Crippen MR) is 117 cm³/mol. The third kappa shape index (κ3) is 2.84. The first kappa shape index (κ1) is 16.6. The van der Waals surface area contributed by atoms with Gasteiger partial charge in [-0.15, -0.1) is 0 Å². The topological polar surface area (TPSA) is 14.2 Å². The van der Waals surface area contributed by atoms with Crippen LogP contribution in [-0.4, -0.2) is 11.7 Å². The Hall–Kier alpha value is -3.52. The molecule has 5 rings (SSSR count). The van der Waals surface area contributed by atoms with Crippen molar-refractivity contribution in [2.75, 3.05) is 7.11 Å². The number of ether oxygens (including phenoxy) is 1. The Bertz CT molecular complexity index is 1250. The first-order valence-electron chi connectivity index (χ1n) is 9.53. The summed E-state index contributed by atoms with van der Waals surface area (Å²) in [6.07, 6.45) is 0. The number of hydrogen-bond acceptors (Lipinski definition) is 1. The van der Waals surface area contributed by atoms with E-state index in [9.17, 15) is 0 Å². The molecule has 5 aromatic rings. The molecule has 4 aromatic carbocycles. The van der Waals surface area contributed by atoms with Crippen LogP contribution in [0.1, 0.15) is 5.56 Å². The minimum atomic E-state index is 0.826. The van der Waals surface area contributed by atoms with E-state index in [1.165, 1.54) is 38.5 Å². The Balaban J connectivity index is 1.70. The van der Waals surface area contributed by atoms with Crippen molar-refractivity contribution >= 4 is 21.8 Å². The van der Waals surface area contributed by atoms with Gasteiger partial charge in [0.25, 0.3) is 0 Å². The average molecular weight is 363 g/mol. The number of benzene rings is 4. The monoisotopic (exact) mass is 363 g/mol. The lowest BCUT2D eigenvalue weighted by Gasteiger charge is -2.10. The zero-order chi connectivity index (χ0) is 18.9. The molecular formula is C26H21NO. The van der Waals surface area contributed by atoms with Crippen molar-refractivity contribution in [3.05, 3.63) is 103 Å². The molecule has 0 aliphatic rings. The zero-order valence-electron chi connectivity index (χ0n) is 15.8. The van der Waals surface area contributed by atoms with Gasteiger partial charge in [0, 0.05) is 22.8 Å². The van der Waals surface area contributed by atoms with Crippen LogP contribution in [0.15, 0.2) is 97.1 Å². The van der Waals surface area contributed by atoms with Crippen LogP contribution in [-0.2, 0) is 6.54 Å². The molecule has 0 atom stereocenters. The zero-order valence-corrected chi connectivity index (χ0v) is 15.8. The smallest absolute Gasteiger partial charge is 0.118 e. The normalized spacial score (nSPS) is 11.2. The van der Waals surface area contributed by atoms with Crippen LogP contribution in [0.25, 0.3) is 32.9 Å². The molecule has 0 spiro atoms. The van der Waals surface area contributed by atoms with Gasteiger partial charge >= 0.3 is 0 Å². The summed E-state index contributed by atoms with van der Waals surface area (Å²) in [5.41, 5.74) is 6.27. The van der Waals surface area contributed by atoms with Crippen LogP contribution in [0.2, 0.25) is 0 Å². The second-order valence-electron chi connectivity index (χ2n) is 7.05. The van der Waals surface area contributed by atoms with E-state index in [1.807, 2.05) is 12.1 Å². The van der Waals surface area contributed by atoms with E-state index in [0.29, 0.717) is 0 Å². The molecule has 136 valence electrons. The number of hydrogen-bond donors (Lipinski definition) is 0. The van der Waals surface area contributed by atoms with Gasteiger partial charge in [-0.1, -0.05) is 72.8 Å². The minimum Gasteiger partial charge on any atom is -0.497 e. The lowest BCUT2D eigenvalue weighted by atomic mass is 10.0. The molecular weight excluding hydrogens is 342 g/mol. The van der Waals surface area contributed by atoms with Gasteiger partial charge in [-0.2, -0.15) is 0 Å². The quantitative estimate of drug-likeness (QED) is 0.355. The van der Waals surface area contributed by atoms with Gasteiger partial charge in [0.1, 0.15) is 5.75 Å². The summed E-state index contributed by atoms with van der Waals surface area (Å²) in [7, 11) is 1.70. The second-order valence-corrected chi connectivity index (χ2v) is 7.05.